The molecule has 1 aromatic heterocycles. The summed E-state index contributed by atoms with van der Waals surface area (Å²) in [5.41, 5.74) is 2.44. The summed E-state index contributed by atoms with van der Waals surface area (Å²) in [6.07, 6.45) is 2.93. The second-order valence-corrected chi connectivity index (χ2v) is 5.30. The fraction of sp³-hybridized carbons (Fsp3) is 0.438. The Balaban J connectivity index is 1.81. The van der Waals surface area contributed by atoms with Crippen molar-refractivity contribution in [1.82, 2.24) is 15.1 Å². The minimum Gasteiger partial charge on any atom is -0.493 e. The van der Waals surface area contributed by atoms with Crippen LogP contribution >= 0.6 is 0 Å². The Hall–Kier alpha value is -1.81. The first-order valence-corrected chi connectivity index (χ1v) is 7.21. The highest BCUT2D eigenvalue weighted by atomic mass is 16.5. The topological polar surface area (TPSA) is 39.1 Å². The third-order valence-corrected chi connectivity index (χ3v) is 3.89. The highest BCUT2D eigenvalue weighted by molar-refractivity contribution is 5.40. The third kappa shape index (κ3) is 2.56. The van der Waals surface area contributed by atoms with E-state index in [2.05, 4.69) is 41.6 Å². The Morgan fingerprint density at radius 3 is 3.00 bits per heavy atom. The van der Waals surface area contributed by atoms with E-state index in [0.29, 0.717) is 12.0 Å². The molecular weight excluding hydrogens is 250 g/mol. The molecular formula is C16H21N3O. The van der Waals surface area contributed by atoms with Gasteiger partial charge in [-0.1, -0.05) is 25.1 Å². The molecule has 3 rings (SSSR count). The zero-order valence-corrected chi connectivity index (χ0v) is 12.0. The molecule has 0 radical (unpaired) electrons. The van der Waals surface area contributed by atoms with E-state index in [4.69, 9.17) is 4.74 Å². The zero-order valence-electron chi connectivity index (χ0n) is 12.0. The molecule has 0 saturated carbocycles. The van der Waals surface area contributed by atoms with Crippen molar-refractivity contribution < 1.29 is 4.74 Å². The van der Waals surface area contributed by atoms with Crippen LogP contribution in [0.4, 0.5) is 0 Å². The predicted octanol–water partition coefficient (Wildman–Crippen LogP) is 2.12. The minimum absolute atomic E-state index is 0.360. The molecule has 20 heavy (non-hydrogen) atoms. The number of aromatic nitrogens is 2. The molecule has 0 saturated heterocycles. The lowest BCUT2D eigenvalue weighted by Gasteiger charge is -2.23. The maximum absolute atomic E-state index is 5.82. The van der Waals surface area contributed by atoms with E-state index in [1.54, 1.807) is 0 Å². The molecule has 1 aliphatic heterocycles. The first-order valence-electron chi connectivity index (χ1n) is 7.21. The normalized spacial score (nSPS) is 18.6. The van der Waals surface area contributed by atoms with E-state index in [0.717, 1.165) is 31.0 Å². The van der Waals surface area contributed by atoms with Crippen molar-refractivity contribution in [3.05, 3.63) is 47.8 Å². The van der Waals surface area contributed by atoms with Crippen molar-refractivity contribution in [2.24, 2.45) is 7.05 Å². The van der Waals surface area contributed by atoms with E-state index < -0.39 is 0 Å². The summed E-state index contributed by atoms with van der Waals surface area (Å²) < 4.78 is 7.67. The van der Waals surface area contributed by atoms with Gasteiger partial charge >= 0.3 is 0 Å². The molecule has 2 heterocycles. The van der Waals surface area contributed by atoms with Crippen LogP contribution in [-0.2, 0) is 13.5 Å². The Bertz CT molecular complexity index is 579. The summed E-state index contributed by atoms with van der Waals surface area (Å²) in [5, 5.41) is 8.09. The molecule has 1 aliphatic rings. The van der Waals surface area contributed by atoms with Crippen LogP contribution in [0.5, 0.6) is 5.75 Å². The van der Waals surface area contributed by atoms with Crippen LogP contribution in [-0.4, -0.2) is 29.0 Å². The SMILES string of the molecule is CCNC(Cc1ccn(C)n1)C1COc2ccccc21. The van der Waals surface area contributed by atoms with Crippen molar-refractivity contribution >= 4 is 0 Å². The molecule has 0 amide bonds. The fourth-order valence-electron chi connectivity index (χ4n) is 2.94. The summed E-state index contributed by atoms with van der Waals surface area (Å²) in [5.74, 6) is 1.43. The standard InChI is InChI=1S/C16H21N3O/c1-3-17-15(10-12-8-9-19(2)18-12)14-11-20-16-7-5-4-6-13(14)16/h4-9,14-15,17H,3,10-11H2,1-2H3. The third-order valence-electron chi connectivity index (χ3n) is 3.89. The minimum atomic E-state index is 0.360. The lowest BCUT2D eigenvalue weighted by atomic mass is 9.90. The first kappa shape index (κ1) is 13.2. The van der Waals surface area contributed by atoms with Gasteiger partial charge in [0.15, 0.2) is 0 Å². The monoisotopic (exact) mass is 271 g/mol. The molecule has 106 valence electrons. The average molecular weight is 271 g/mol. The Morgan fingerprint density at radius 1 is 1.40 bits per heavy atom. The molecule has 0 fully saturated rings. The summed E-state index contributed by atoms with van der Waals surface area (Å²) in [7, 11) is 1.96. The second-order valence-electron chi connectivity index (χ2n) is 5.30. The van der Waals surface area contributed by atoms with Crippen molar-refractivity contribution in [2.45, 2.75) is 25.3 Å². The van der Waals surface area contributed by atoms with Crippen LogP contribution in [0.2, 0.25) is 0 Å². The van der Waals surface area contributed by atoms with Gasteiger partial charge < -0.3 is 10.1 Å². The zero-order chi connectivity index (χ0) is 13.9. The maximum atomic E-state index is 5.82. The summed E-state index contributed by atoms with van der Waals surface area (Å²) in [6.45, 7) is 3.85. The van der Waals surface area contributed by atoms with Crippen LogP contribution in [0, 0.1) is 0 Å². The first-order chi connectivity index (χ1) is 9.78. The van der Waals surface area contributed by atoms with Gasteiger partial charge in [-0.2, -0.15) is 5.10 Å². The van der Waals surface area contributed by atoms with Crippen LogP contribution in [0.3, 0.4) is 0 Å². The molecule has 0 bridgehead atoms. The molecule has 4 nitrogen and oxygen atoms in total. The highest BCUT2D eigenvalue weighted by Crippen LogP contribution is 2.36. The van der Waals surface area contributed by atoms with Gasteiger partial charge in [-0.05, 0) is 18.7 Å². The van der Waals surface area contributed by atoms with E-state index in [9.17, 15) is 0 Å². The number of nitrogens with one attached hydrogen (secondary N) is 1. The van der Waals surface area contributed by atoms with Crippen molar-refractivity contribution in [3.63, 3.8) is 0 Å². The fourth-order valence-corrected chi connectivity index (χ4v) is 2.94. The maximum Gasteiger partial charge on any atom is 0.122 e. The summed E-state index contributed by atoms with van der Waals surface area (Å²) in [6, 6.07) is 10.8. The van der Waals surface area contributed by atoms with Gasteiger partial charge in [-0.15, -0.1) is 0 Å². The molecule has 1 N–H and O–H groups in total. The molecule has 1 aromatic carbocycles. The van der Waals surface area contributed by atoms with Crippen molar-refractivity contribution in [1.29, 1.82) is 0 Å². The van der Waals surface area contributed by atoms with Gasteiger partial charge in [0.25, 0.3) is 0 Å². The van der Waals surface area contributed by atoms with Crippen LogP contribution in [0.1, 0.15) is 24.1 Å². The Kier molecular flexibility index (Phi) is 3.74. The summed E-state index contributed by atoms with van der Waals surface area (Å²) >= 11 is 0. The molecule has 2 aromatic rings. The molecule has 4 heteroatoms. The van der Waals surface area contributed by atoms with Gasteiger partial charge in [0.05, 0.1) is 12.3 Å². The second kappa shape index (κ2) is 5.67. The number of rotatable bonds is 5. The number of fused-ring (bicyclic) bond motifs is 1. The summed E-state index contributed by atoms with van der Waals surface area (Å²) in [4.78, 5) is 0. The van der Waals surface area contributed by atoms with Gasteiger partial charge in [0.1, 0.15) is 5.75 Å². The van der Waals surface area contributed by atoms with E-state index >= 15 is 0 Å². The van der Waals surface area contributed by atoms with Gasteiger partial charge in [0.2, 0.25) is 0 Å². The van der Waals surface area contributed by atoms with Gasteiger partial charge in [-0.3, -0.25) is 4.68 Å². The lowest BCUT2D eigenvalue weighted by Crippen LogP contribution is -2.37. The van der Waals surface area contributed by atoms with E-state index in [-0.39, 0.29) is 0 Å². The van der Waals surface area contributed by atoms with E-state index in [1.165, 1.54) is 5.56 Å². The number of benzene rings is 1. The van der Waals surface area contributed by atoms with Crippen LogP contribution < -0.4 is 10.1 Å². The number of aryl methyl sites for hydroxylation is 1. The van der Waals surface area contributed by atoms with Crippen molar-refractivity contribution in [2.75, 3.05) is 13.2 Å². The molecule has 2 unspecified atom stereocenters. The van der Waals surface area contributed by atoms with Crippen molar-refractivity contribution in [3.8, 4) is 5.75 Å². The van der Waals surface area contributed by atoms with Crippen LogP contribution in [0.25, 0.3) is 0 Å². The van der Waals surface area contributed by atoms with E-state index in [1.807, 2.05) is 24.0 Å². The number of likely N-dealkylation sites (N-methyl/N-ethyl adjacent to an activating group) is 1. The Morgan fingerprint density at radius 2 is 2.25 bits per heavy atom. The Labute approximate surface area is 119 Å². The highest BCUT2D eigenvalue weighted by Gasteiger charge is 2.31. The predicted molar refractivity (Wildman–Crippen MR) is 79.1 cm³/mol. The lowest BCUT2D eigenvalue weighted by molar-refractivity contribution is 0.297. The molecule has 0 spiro atoms. The number of hydrogen-bond donors (Lipinski definition) is 1. The van der Waals surface area contributed by atoms with Gasteiger partial charge in [-0.25, -0.2) is 0 Å². The van der Waals surface area contributed by atoms with Gasteiger partial charge in [0, 0.05) is 37.2 Å². The average Bonchev–Trinajstić information content (AvgIpc) is 3.04. The number of nitrogens with zero attached hydrogens (tertiary/aromatic N) is 2. The molecule has 2 atom stereocenters. The quantitative estimate of drug-likeness (QED) is 0.905. The number of ether oxygens (including phenoxy) is 1. The molecule has 0 aliphatic carbocycles. The smallest absolute Gasteiger partial charge is 0.122 e. The van der Waals surface area contributed by atoms with Crippen LogP contribution in [0.15, 0.2) is 36.5 Å². The number of hydrogen-bond acceptors (Lipinski definition) is 3. The number of para-hydroxylation sites is 1. The largest absolute Gasteiger partial charge is 0.493 e.